The van der Waals surface area contributed by atoms with Crippen molar-refractivity contribution in [2.75, 3.05) is 14.2 Å². The average molecular weight is 243 g/mol. The highest BCUT2D eigenvalue weighted by Crippen LogP contribution is 2.24. The zero-order chi connectivity index (χ0) is 12.8. The summed E-state index contributed by atoms with van der Waals surface area (Å²) in [6.07, 6.45) is 4.35. The lowest BCUT2D eigenvalue weighted by molar-refractivity contribution is 0.406. The number of benzene rings is 1. The number of hydrogen-bond acceptors (Lipinski definition) is 4. The Labute approximate surface area is 107 Å². The minimum Gasteiger partial charge on any atom is -0.496 e. The van der Waals surface area contributed by atoms with E-state index in [1.54, 1.807) is 19.5 Å². The third kappa shape index (κ3) is 2.84. The summed E-state index contributed by atoms with van der Waals surface area (Å²) >= 11 is 0. The SMILES string of the molecule is CNC(Cc1ccccc1OC)c1ccnnc1. The van der Waals surface area contributed by atoms with Gasteiger partial charge in [-0.1, -0.05) is 18.2 Å². The van der Waals surface area contributed by atoms with Gasteiger partial charge in [-0.3, -0.25) is 0 Å². The molecule has 0 aliphatic carbocycles. The van der Waals surface area contributed by atoms with Crippen LogP contribution in [0.5, 0.6) is 5.75 Å². The van der Waals surface area contributed by atoms with E-state index >= 15 is 0 Å². The minimum absolute atomic E-state index is 0.205. The molecule has 0 bridgehead atoms. The summed E-state index contributed by atoms with van der Waals surface area (Å²) in [6, 6.07) is 10.2. The number of methoxy groups -OCH3 is 1. The molecule has 1 atom stereocenters. The van der Waals surface area contributed by atoms with Crippen molar-refractivity contribution >= 4 is 0 Å². The summed E-state index contributed by atoms with van der Waals surface area (Å²) in [5, 5.41) is 11.0. The number of hydrogen-bond donors (Lipinski definition) is 1. The van der Waals surface area contributed by atoms with Crippen LogP contribution in [0.15, 0.2) is 42.7 Å². The Balaban J connectivity index is 2.21. The van der Waals surface area contributed by atoms with Crippen molar-refractivity contribution in [3.05, 3.63) is 53.9 Å². The van der Waals surface area contributed by atoms with Gasteiger partial charge in [0.05, 0.1) is 13.3 Å². The zero-order valence-electron chi connectivity index (χ0n) is 10.6. The molecule has 1 aromatic carbocycles. The molecule has 0 aliphatic rings. The van der Waals surface area contributed by atoms with Crippen LogP contribution < -0.4 is 10.1 Å². The predicted molar refractivity (Wildman–Crippen MR) is 70.5 cm³/mol. The maximum atomic E-state index is 5.37. The first-order valence-electron chi connectivity index (χ1n) is 5.91. The molecule has 0 fully saturated rings. The number of nitrogens with one attached hydrogen (secondary N) is 1. The average Bonchev–Trinajstić information content (AvgIpc) is 2.46. The smallest absolute Gasteiger partial charge is 0.122 e. The Bertz CT molecular complexity index is 487. The van der Waals surface area contributed by atoms with E-state index in [1.165, 1.54) is 5.56 Å². The number of ether oxygens (including phenoxy) is 1. The monoisotopic (exact) mass is 243 g/mol. The molecule has 1 N–H and O–H groups in total. The van der Waals surface area contributed by atoms with Gasteiger partial charge in [0.25, 0.3) is 0 Å². The van der Waals surface area contributed by atoms with Crippen LogP contribution in [-0.4, -0.2) is 24.4 Å². The second-order valence-corrected chi connectivity index (χ2v) is 4.03. The number of likely N-dealkylation sites (N-methyl/N-ethyl adjacent to an activating group) is 1. The first kappa shape index (κ1) is 12.5. The molecule has 1 unspecified atom stereocenters. The van der Waals surface area contributed by atoms with Crippen LogP contribution in [0.4, 0.5) is 0 Å². The minimum atomic E-state index is 0.205. The normalized spacial score (nSPS) is 12.1. The van der Waals surface area contributed by atoms with Crippen molar-refractivity contribution in [1.29, 1.82) is 0 Å². The van der Waals surface area contributed by atoms with Gasteiger partial charge in [0.1, 0.15) is 5.75 Å². The quantitative estimate of drug-likeness (QED) is 0.872. The fraction of sp³-hybridized carbons (Fsp3) is 0.286. The van der Waals surface area contributed by atoms with Gasteiger partial charge in [0.2, 0.25) is 0 Å². The maximum absolute atomic E-state index is 5.37. The summed E-state index contributed by atoms with van der Waals surface area (Å²) in [6.45, 7) is 0. The van der Waals surface area contributed by atoms with Crippen LogP contribution in [0, 0.1) is 0 Å². The van der Waals surface area contributed by atoms with E-state index in [-0.39, 0.29) is 6.04 Å². The van der Waals surface area contributed by atoms with Gasteiger partial charge in [-0.05, 0) is 36.7 Å². The van der Waals surface area contributed by atoms with Crippen molar-refractivity contribution in [3.63, 3.8) is 0 Å². The molecule has 1 heterocycles. The van der Waals surface area contributed by atoms with Crippen LogP contribution in [0.3, 0.4) is 0 Å². The molecule has 4 heteroatoms. The van der Waals surface area contributed by atoms with E-state index in [0.29, 0.717) is 0 Å². The molecule has 0 amide bonds. The summed E-state index contributed by atoms with van der Waals surface area (Å²) in [5.41, 5.74) is 2.30. The van der Waals surface area contributed by atoms with Crippen molar-refractivity contribution in [2.24, 2.45) is 0 Å². The second kappa shape index (κ2) is 6.12. The molecule has 1 aromatic heterocycles. The first-order chi connectivity index (χ1) is 8.85. The van der Waals surface area contributed by atoms with E-state index in [4.69, 9.17) is 4.74 Å². The van der Waals surface area contributed by atoms with E-state index in [2.05, 4.69) is 21.6 Å². The zero-order valence-corrected chi connectivity index (χ0v) is 10.6. The van der Waals surface area contributed by atoms with Crippen LogP contribution in [0.1, 0.15) is 17.2 Å². The molecule has 18 heavy (non-hydrogen) atoms. The lowest BCUT2D eigenvalue weighted by Crippen LogP contribution is -2.19. The van der Waals surface area contributed by atoms with Crippen molar-refractivity contribution in [3.8, 4) is 5.75 Å². The van der Waals surface area contributed by atoms with E-state index in [0.717, 1.165) is 17.7 Å². The molecule has 94 valence electrons. The molecule has 0 saturated heterocycles. The summed E-state index contributed by atoms with van der Waals surface area (Å²) in [7, 11) is 3.64. The standard InChI is InChI=1S/C14H17N3O/c1-15-13(12-7-8-16-17-10-12)9-11-5-3-4-6-14(11)18-2/h3-8,10,13,15H,9H2,1-2H3. The molecule has 4 nitrogen and oxygen atoms in total. The molecular formula is C14H17N3O. The number of aromatic nitrogens is 2. The van der Waals surface area contributed by atoms with Gasteiger partial charge >= 0.3 is 0 Å². The van der Waals surface area contributed by atoms with Gasteiger partial charge in [0, 0.05) is 12.2 Å². The number of rotatable bonds is 5. The van der Waals surface area contributed by atoms with Crippen molar-refractivity contribution < 1.29 is 4.74 Å². The Morgan fingerprint density at radius 2 is 2.06 bits per heavy atom. The number of nitrogens with zero attached hydrogens (tertiary/aromatic N) is 2. The van der Waals surface area contributed by atoms with E-state index < -0.39 is 0 Å². The van der Waals surface area contributed by atoms with Crippen molar-refractivity contribution in [1.82, 2.24) is 15.5 Å². The lowest BCUT2D eigenvalue weighted by atomic mass is 10.00. The highest BCUT2D eigenvalue weighted by atomic mass is 16.5. The third-order valence-corrected chi connectivity index (χ3v) is 2.97. The Hall–Kier alpha value is -1.94. The van der Waals surface area contributed by atoms with Gasteiger partial charge in [-0.2, -0.15) is 10.2 Å². The molecule has 0 saturated carbocycles. The number of para-hydroxylation sites is 1. The summed E-state index contributed by atoms with van der Waals surface area (Å²) in [5.74, 6) is 0.916. The predicted octanol–water partition coefficient (Wildman–Crippen LogP) is 1.99. The van der Waals surface area contributed by atoms with E-state index in [9.17, 15) is 0 Å². The first-order valence-corrected chi connectivity index (χ1v) is 5.91. The third-order valence-electron chi connectivity index (χ3n) is 2.97. The Morgan fingerprint density at radius 3 is 2.72 bits per heavy atom. The van der Waals surface area contributed by atoms with Crippen LogP contribution in [-0.2, 0) is 6.42 Å². The highest BCUT2D eigenvalue weighted by Gasteiger charge is 2.12. The van der Waals surface area contributed by atoms with Gasteiger partial charge in [-0.15, -0.1) is 0 Å². The molecule has 0 radical (unpaired) electrons. The molecule has 2 aromatic rings. The van der Waals surface area contributed by atoms with Gasteiger partial charge in [0.15, 0.2) is 0 Å². The second-order valence-electron chi connectivity index (χ2n) is 4.03. The topological polar surface area (TPSA) is 47.0 Å². The fourth-order valence-electron chi connectivity index (χ4n) is 1.99. The van der Waals surface area contributed by atoms with Gasteiger partial charge in [-0.25, -0.2) is 0 Å². The molecular weight excluding hydrogens is 226 g/mol. The van der Waals surface area contributed by atoms with Gasteiger partial charge < -0.3 is 10.1 Å². The summed E-state index contributed by atoms with van der Waals surface area (Å²) < 4.78 is 5.37. The van der Waals surface area contributed by atoms with Crippen molar-refractivity contribution in [2.45, 2.75) is 12.5 Å². The fourth-order valence-corrected chi connectivity index (χ4v) is 1.99. The maximum Gasteiger partial charge on any atom is 0.122 e. The molecule has 0 aliphatic heterocycles. The Kier molecular flexibility index (Phi) is 4.25. The largest absolute Gasteiger partial charge is 0.496 e. The summed E-state index contributed by atoms with van der Waals surface area (Å²) in [4.78, 5) is 0. The van der Waals surface area contributed by atoms with Crippen LogP contribution >= 0.6 is 0 Å². The Morgan fingerprint density at radius 1 is 1.22 bits per heavy atom. The van der Waals surface area contributed by atoms with E-state index in [1.807, 2.05) is 31.3 Å². The molecule has 0 spiro atoms. The van der Waals surface area contributed by atoms with Crippen LogP contribution in [0.2, 0.25) is 0 Å². The van der Waals surface area contributed by atoms with Crippen LogP contribution in [0.25, 0.3) is 0 Å². The lowest BCUT2D eigenvalue weighted by Gasteiger charge is -2.17. The molecule has 2 rings (SSSR count). The highest BCUT2D eigenvalue weighted by molar-refractivity contribution is 5.34.